The van der Waals surface area contributed by atoms with Crippen molar-refractivity contribution < 1.29 is 4.74 Å². The third kappa shape index (κ3) is 2.80. The molecule has 0 saturated heterocycles. The zero-order valence-electron chi connectivity index (χ0n) is 12.7. The van der Waals surface area contributed by atoms with E-state index in [0.717, 1.165) is 31.0 Å². The Balaban J connectivity index is 1.94. The van der Waals surface area contributed by atoms with E-state index in [1.165, 1.54) is 11.1 Å². The largest absolute Gasteiger partial charge is 0.457 e. The summed E-state index contributed by atoms with van der Waals surface area (Å²) in [4.78, 5) is 2.41. The minimum Gasteiger partial charge on any atom is -0.457 e. The van der Waals surface area contributed by atoms with Gasteiger partial charge in [-0.15, -0.1) is 0 Å². The first kappa shape index (κ1) is 14.1. The quantitative estimate of drug-likeness (QED) is 0.850. The summed E-state index contributed by atoms with van der Waals surface area (Å²) < 4.78 is 6.04. The van der Waals surface area contributed by atoms with E-state index in [1.807, 2.05) is 19.2 Å². The first-order valence-electron chi connectivity index (χ1n) is 7.52. The lowest BCUT2D eigenvalue weighted by Crippen LogP contribution is -2.30. The molecule has 21 heavy (non-hydrogen) atoms. The van der Waals surface area contributed by atoms with Gasteiger partial charge in [-0.05, 0) is 45.7 Å². The number of hydrogen-bond acceptors (Lipinski definition) is 3. The van der Waals surface area contributed by atoms with Crippen LogP contribution < -0.4 is 10.1 Å². The number of fused-ring (bicyclic) bond motifs is 2. The van der Waals surface area contributed by atoms with E-state index in [4.69, 9.17) is 4.74 Å². The van der Waals surface area contributed by atoms with Crippen LogP contribution in [-0.4, -0.2) is 32.1 Å². The van der Waals surface area contributed by atoms with Crippen molar-refractivity contribution >= 4 is 0 Å². The second-order valence-corrected chi connectivity index (χ2v) is 5.52. The maximum atomic E-state index is 6.04. The molecule has 0 aromatic heterocycles. The topological polar surface area (TPSA) is 24.5 Å². The van der Waals surface area contributed by atoms with E-state index in [2.05, 4.69) is 53.7 Å². The lowest BCUT2D eigenvalue weighted by Gasteiger charge is -2.34. The molecular formula is C18H22N2O. The van der Waals surface area contributed by atoms with Crippen molar-refractivity contribution in [3.8, 4) is 11.5 Å². The Hall–Kier alpha value is -1.84. The van der Waals surface area contributed by atoms with Gasteiger partial charge < -0.3 is 10.1 Å². The summed E-state index contributed by atoms with van der Waals surface area (Å²) in [7, 11) is 4.19. The van der Waals surface area contributed by atoms with Crippen molar-refractivity contribution in [1.29, 1.82) is 0 Å². The third-order valence-electron chi connectivity index (χ3n) is 4.03. The molecule has 0 radical (unpaired) electrons. The zero-order valence-corrected chi connectivity index (χ0v) is 12.7. The molecule has 0 atom stereocenters. The molecule has 1 aliphatic heterocycles. The molecule has 1 N–H and O–H groups in total. The van der Waals surface area contributed by atoms with Crippen LogP contribution in [0.25, 0.3) is 0 Å². The number of nitrogens with zero attached hydrogens (tertiary/aromatic N) is 1. The van der Waals surface area contributed by atoms with Crippen LogP contribution in [0.15, 0.2) is 48.5 Å². The lowest BCUT2D eigenvalue weighted by atomic mass is 9.93. The maximum absolute atomic E-state index is 6.04. The summed E-state index contributed by atoms with van der Waals surface area (Å²) in [6.07, 6.45) is 1.13. The molecule has 0 aliphatic carbocycles. The fourth-order valence-electron chi connectivity index (χ4n) is 2.99. The van der Waals surface area contributed by atoms with Gasteiger partial charge in [-0.2, -0.15) is 0 Å². The Morgan fingerprint density at radius 3 is 2.14 bits per heavy atom. The third-order valence-corrected chi connectivity index (χ3v) is 4.03. The Labute approximate surface area is 126 Å². The van der Waals surface area contributed by atoms with Gasteiger partial charge in [0.05, 0.1) is 6.04 Å². The Morgan fingerprint density at radius 2 is 1.57 bits per heavy atom. The molecule has 2 aromatic rings. The number of ether oxygens (including phenoxy) is 1. The van der Waals surface area contributed by atoms with Crippen molar-refractivity contribution in [2.45, 2.75) is 12.5 Å². The van der Waals surface area contributed by atoms with Crippen molar-refractivity contribution in [1.82, 2.24) is 10.2 Å². The van der Waals surface area contributed by atoms with E-state index in [9.17, 15) is 0 Å². The fourth-order valence-corrected chi connectivity index (χ4v) is 2.99. The molecule has 0 bridgehead atoms. The van der Waals surface area contributed by atoms with E-state index >= 15 is 0 Å². The van der Waals surface area contributed by atoms with Crippen LogP contribution >= 0.6 is 0 Å². The Bertz CT molecular complexity index is 566. The van der Waals surface area contributed by atoms with Gasteiger partial charge in [-0.25, -0.2) is 0 Å². The average molecular weight is 282 g/mol. The van der Waals surface area contributed by atoms with Crippen LogP contribution in [0, 0.1) is 0 Å². The Kier molecular flexibility index (Phi) is 4.23. The van der Waals surface area contributed by atoms with E-state index in [1.54, 1.807) is 0 Å². The van der Waals surface area contributed by atoms with Gasteiger partial charge in [0.25, 0.3) is 0 Å². The van der Waals surface area contributed by atoms with Crippen LogP contribution in [0.1, 0.15) is 23.6 Å². The predicted molar refractivity (Wildman–Crippen MR) is 86.0 cm³/mol. The smallest absolute Gasteiger partial charge is 0.132 e. The van der Waals surface area contributed by atoms with Crippen molar-refractivity contribution in [2.24, 2.45) is 0 Å². The van der Waals surface area contributed by atoms with Crippen LogP contribution in [0.4, 0.5) is 0 Å². The molecule has 0 unspecified atom stereocenters. The highest BCUT2D eigenvalue weighted by atomic mass is 16.5. The standard InChI is InChI=1S/C18H22N2O/c1-19-12-7-13-20(2)18-14-8-3-5-10-16(14)21-17-11-6-4-9-15(17)18/h3-6,8-11,18-19H,7,12-13H2,1-2H3. The highest BCUT2D eigenvalue weighted by molar-refractivity contribution is 5.52. The molecule has 0 spiro atoms. The van der Waals surface area contributed by atoms with Gasteiger partial charge in [-0.1, -0.05) is 36.4 Å². The molecule has 1 aliphatic rings. The predicted octanol–water partition coefficient (Wildman–Crippen LogP) is 3.42. The summed E-state index contributed by atoms with van der Waals surface area (Å²) in [6.45, 7) is 2.09. The van der Waals surface area contributed by atoms with Crippen LogP contribution in [-0.2, 0) is 0 Å². The van der Waals surface area contributed by atoms with Crippen molar-refractivity contribution in [3.63, 3.8) is 0 Å². The summed E-state index contributed by atoms with van der Waals surface area (Å²) in [5.41, 5.74) is 2.51. The SMILES string of the molecule is CNCCCN(C)C1c2ccccc2Oc2ccccc21. The minimum atomic E-state index is 0.267. The second-order valence-electron chi connectivity index (χ2n) is 5.52. The molecule has 3 nitrogen and oxygen atoms in total. The fraction of sp³-hybridized carbons (Fsp3) is 0.333. The summed E-state index contributed by atoms with van der Waals surface area (Å²) in [5.74, 6) is 1.95. The highest BCUT2D eigenvalue weighted by Gasteiger charge is 2.29. The minimum absolute atomic E-state index is 0.267. The van der Waals surface area contributed by atoms with E-state index < -0.39 is 0 Å². The molecule has 1 heterocycles. The summed E-state index contributed by atoms with van der Waals surface area (Å²) >= 11 is 0. The van der Waals surface area contributed by atoms with Gasteiger partial charge in [0.15, 0.2) is 0 Å². The second kappa shape index (κ2) is 6.29. The molecule has 0 saturated carbocycles. The Morgan fingerprint density at radius 1 is 1.00 bits per heavy atom. The van der Waals surface area contributed by atoms with Crippen molar-refractivity contribution in [2.75, 3.05) is 27.2 Å². The normalized spacial score (nSPS) is 13.7. The molecule has 0 amide bonds. The van der Waals surface area contributed by atoms with Gasteiger partial charge in [0, 0.05) is 11.1 Å². The first-order valence-corrected chi connectivity index (χ1v) is 7.52. The molecule has 3 rings (SSSR count). The molecule has 3 heteroatoms. The van der Waals surface area contributed by atoms with Crippen LogP contribution in [0.2, 0.25) is 0 Å². The van der Waals surface area contributed by atoms with Crippen molar-refractivity contribution in [3.05, 3.63) is 59.7 Å². The molecule has 110 valence electrons. The van der Waals surface area contributed by atoms with Crippen LogP contribution in [0.5, 0.6) is 11.5 Å². The van der Waals surface area contributed by atoms with E-state index in [0.29, 0.717) is 0 Å². The van der Waals surface area contributed by atoms with Gasteiger partial charge in [0.1, 0.15) is 11.5 Å². The number of nitrogens with one attached hydrogen (secondary N) is 1. The highest BCUT2D eigenvalue weighted by Crippen LogP contribution is 2.44. The maximum Gasteiger partial charge on any atom is 0.132 e. The number of para-hydroxylation sites is 2. The zero-order chi connectivity index (χ0) is 14.7. The first-order chi connectivity index (χ1) is 10.3. The number of rotatable bonds is 5. The monoisotopic (exact) mass is 282 g/mol. The summed E-state index contributed by atoms with van der Waals surface area (Å²) in [5, 5.41) is 3.21. The number of hydrogen-bond donors (Lipinski definition) is 1. The summed E-state index contributed by atoms with van der Waals surface area (Å²) in [6, 6.07) is 17.0. The number of benzene rings is 2. The van der Waals surface area contributed by atoms with Gasteiger partial charge in [-0.3, -0.25) is 4.90 Å². The van der Waals surface area contributed by atoms with Gasteiger partial charge in [0.2, 0.25) is 0 Å². The lowest BCUT2D eigenvalue weighted by molar-refractivity contribution is 0.256. The van der Waals surface area contributed by atoms with Gasteiger partial charge >= 0.3 is 0 Å². The molecular weight excluding hydrogens is 260 g/mol. The van der Waals surface area contributed by atoms with E-state index in [-0.39, 0.29) is 6.04 Å². The average Bonchev–Trinajstić information content (AvgIpc) is 2.52. The van der Waals surface area contributed by atoms with Crippen LogP contribution in [0.3, 0.4) is 0 Å². The molecule has 2 aromatic carbocycles. The molecule has 0 fully saturated rings.